The lowest BCUT2D eigenvalue weighted by atomic mass is 10.0. The van der Waals surface area contributed by atoms with Crippen LogP contribution in [0.15, 0.2) is 30.5 Å². The van der Waals surface area contributed by atoms with E-state index >= 15 is 0 Å². The Labute approximate surface area is 163 Å². The van der Waals surface area contributed by atoms with Crippen LogP contribution in [0.5, 0.6) is 0 Å². The number of hydrogen-bond acceptors (Lipinski definition) is 6. The molecule has 0 aliphatic carbocycles. The minimum Gasteiger partial charge on any atom is -0.298 e. The second-order valence-corrected chi connectivity index (χ2v) is 9.72. The van der Waals surface area contributed by atoms with Gasteiger partial charge in [0.1, 0.15) is 0 Å². The van der Waals surface area contributed by atoms with Crippen molar-refractivity contribution in [1.82, 2.24) is 9.88 Å². The number of piperidine rings is 1. The van der Waals surface area contributed by atoms with Crippen molar-refractivity contribution in [3.8, 4) is 0 Å². The van der Waals surface area contributed by atoms with Crippen LogP contribution in [0.2, 0.25) is 0 Å². The van der Waals surface area contributed by atoms with Gasteiger partial charge in [0.05, 0.1) is 6.26 Å². The molecular formula is C18H24N4O3S2. The normalized spacial score (nSPS) is 18.2. The van der Waals surface area contributed by atoms with E-state index in [4.69, 9.17) is 0 Å². The zero-order valence-corrected chi connectivity index (χ0v) is 17.1. The number of aromatic nitrogens is 1. The highest BCUT2D eigenvalue weighted by Gasteiger charge is 2.19. The first-order valence-corrected chi connectivity index (χ1v) is 11.6. The van der Waals surface area contributed by atoms with Crippen LogP contribution in [0.1, 0.15) is 41.4 Å². The van der Waals surface area contributed by atoms with E-state index in [1.165, 1.54) is 30.6 Å². The molecule has 9 heteroatoms. The Morgan fingerprint density at radius 2 is 2.04 bits per heavy atom. The first-order chi connectivity index (χ1) is 12.8. The second kappa shape index (κ2) is 8.37. The highest BCUT2D eigenvalue weighted by Crippen LogP contribution is 2.24. The van der Waals surface area contributed by atoms with Gasteiger partial charge in [-0.2, -0.15) is 0 Å². The number of sulfonamides is 1. The first kappa shape index (κ1) is 19.8. The maximum atomic E-state index is 12.4. The van der Waals surface area contributed by atoms with Crippen LogP contribution >= 0.6 is 11.3 Å². The van der Waals surface area contributed by atoms with Crippen LogP contribution in [0.3, 0.4) is 0 Å². The Morgan fingerprint density at radius 1 is 1.30 bits per heavy atom. The molecule has 1 atom stereocenters. The summed E-state index contributed by atoms with van der Waals surface area (Å²) in [6, 6.07) is 6.85. The summed E-state index contributed by atoms with van der Waals surface area (Å²) < 4.78 is 24.8. The number of anilines is 2. The molecule has 1 aliphatic heterocycles. The van der Waals surface area contributed by atoms with E-state index in [9.17, 15) is 13.2 Å². The summed E-state index contributed by atoms with van der Waals surface area (Å²) in [5.74, 6) is -0.270. The van der Waals surface area contributed by atoms with Crippen molar-refractivity contribution in [2.45, 2.75) is 38.8 Å². The van der Waals surface area contributed by atoms with Crippen LogP contribution in [-0.4, -0.2) is 43.1 Å². The van der Waals surface area contributed by atoms with E-state index in [1.807, 2.05) is 6.20 Å². The summed E-state index contributed by atoms with van der Waals surface area (Å²) in [4.78, 5) is 20.3. The number of hydrogen-bond donors (Lipinski definition) is 2. The van der Waals surface area contributed by atoms with Gasteiger partial charge in [0.25, 0.3) is 5.91 Å². The molecule has 7 nitrogen and oxygen atoms in total. The Balaban J connectivity index is 1.59. The molecule has 3 rings (SSSR count). The van der Waals surface area contributed by atoms with Crippen molar-refractivity contribution in [2.75, 3.05) is 22.8 Å². The van der Waals surface area contributed by atoms with E-state index in [-0.39, 0.29) is 5.91 Å². The predicted octanol–water partition coefficient (Wildman–Crippen LogP) is 3.14. The van der Waals surface area contributed by atoms with E-state index in [2.05, 4.69) is 26.8 Å². The molecule has 1 aromatic heterocycles. The Hall–Kier alpha value is -1.97. The fourth-order valence-corrected chi connectivity index (χ4v) is 4.50. The second-order valence-electron chi connectivity index (χ2n) is 6.85. The van der Waals surface area contributed by atoms with Crippen molar-refractivity contribution in [1.29, 1.82) is 0 Å². The van der Waals surface area contributed by atoms with Gasteiger partial charge in [0.2, 0.25) is 10.0 Å². The third kappa shape index (κ3) is 5.75. The van der Waals surface area contributed by atoms with Gasteiger partial charge < -0.3 is 0 Å². The lowest BCUT2D eigenvalue weighted by molar-refractivity contribution is 0.102. The summed E-state index contributed by atoms with van der Waals surface area (Å²) in [6.45, 7) is 4.22. The molecule has 0 saturated carbocycles. The Kier molecular flexibility index (Phi) is 6.13. The third-order valence-electron chi connectivity index (χ3n) is 4.52. The number of carbonyl (C=O) groups is 1. The maximum Gasteiger partial charge on any atom is 0.257 e. The number of nitrogens with zero attached hydrogens (tertiary/aromatic N) is 2. The third-order valence-corrected chi connectivity index (χ3v) is 6.03. The zero-order chi connectivity index (χ0) is 19.4. The fourth-order valence-electron chi connectivity index (χ4n) is 3.10. The van der Waals surface area contributed by atoms with E-state index in [0.717, 1.165) is 24.2 Å². The summed E-state index contributed by atoms with van der Waals surface area (Å²) >= 11 is 1.49. The molecule has 1 aromatic carbocycles. The van der Waals surface area contributed by atoms with Gasteiger partial charge in [0, 0.05) is 34.9 Å². The smallest absolute Gasteiger partial charge is 0.257 e. The Morgan fingerprint density at radius 3 is 2.70 bits per heavy atom. The molecule has 0 spiro atoms. The van der Waals surface area contributed by atoms with Gasteiger partial charge in [0.15, 0.2) is 5.13 Å². The molecule has 1 unspecified atom stereocenters. The molecule has 1 aliphatic rings. The molecule has 2 heterocycles. The van der Waals surface area contributed by atoms with Crippen LogP contribution in [0.25, 0.3) is 0 Å². The summed E-state index contributed by atoms with van der Waals surface area (Å²) in [5, 5.41) is 3.37. The van der Waals surface area contributed by atoms with Crippen molar-refractivity contribution >= 4 is 38.1 Å². The molecule has 1 saturated heterocycles. The van der Waals surface area contributed by atoms with Gasteiger partial charge in [-0.3, -0.25) is 19.7 Å². The average Bonchev–Trinajstić information content (AvgIpc) is 3.03. The van der Waals surface area contributed by atoms with Crippen LogP contribution in [0.4, 0.5) is 10.8 Å². The monoisotopic (exact) mass is 408 g/mol. The standard InChI is InChI=1S/C18H24N4O3S2/c1-13-5-3-4-10-22(13)12-16-11-19-18(26-16)20-17(23)14-6-8-15(9-7-14)21-27(2,24)25/h6-9,11,13,21H,3-5,10,12H2,1-2H3,(H,19,20,23). The molecule has 146 valence electrons. The van der Waals surface area contributed by atoms with Gasteiger partial charge in [-0.15, -0.1) is 11.3 Å². The first-order valence-electron chi connectivity index (χ1n) is 8.88. The largest absolute Gasteiger partial charge is 0.298 e. The zero-order valence-electron chi connectivity index (χ0n) is 15.4. The molecule has 2 aromatic rings. The topological polar surface area (TPSA) is 91.4 Å². The van der Waals surface area contributed by atoms with E-state index < -0.39 is 10.0 Å². The van der Waals surface area contributed by atoms with Crippen molar-refractivity contribution in [3.63, 3.8) is 0 Å². The summed E-state index contributed by atoms with van der Waals surface area (Å²) in [6.07, 6.45) is 6.66. The number of amides is 1. The van der Waals surface area contributed by atoms with Gasteiger partial charge in [-0.25, -0.2) is 13.4 Å². The van der Waals surface area contributed by atoms with E-state index in [1.54, 1.807) is 24.3 Å². The number of carbonyl (C=O) groups excluding carboxylic acids is 1. The number of benzene rings is 1. The minimum atomic E-state index is -3.34. The number of thiazole rings is 1. The Bertz CT molecular complexity index is 894. The van der Waals surface area contributed by atoms with Crippen molar-refractivity contribution < 1.29 is 13.2 Å². The van der Waals surface area contributed by atoms with Crippen LogP contribution in [0, 0.1) is 0 Å². The predicted molar refractivity (Wildman–Crippen MR) is 109 cm³/mol. The minimum absolute atomic E-state index is 0.270. The van der Waals surface area contributed by atoms with Gasteiger partial charge in [-0.05, 0) is 50.6 Å². The van der Waals surface area contributed by atoms with E-state index in [0.29, 0.717) is 22.4 Å². The molecule has 2 N–H and O–H groups in total. The average molecular weight is 409 g/mol. The summed E-state index contributed by atoms with van der Waals surface area (Å²) in [5.41, 5.74) is 0.858. The molecule has 27 heavy (non-hydrogen) atoms. The molecular weight excluding hydrogens is 384 g/mol. The molecule has 1 fully saturated rings. The highest BCUT2D eigenvalue weighted by molar-refractivity contribution is 7.92. The van der Waals surface area contributed by atoms with Crippen molar-refractivity contribution in [2.24, 2.45) is 0 Å². The fraction of sp³-hybridized carbons (Fsp3) is 0.444. The number of rotatable bonds is 6. The maximum absolute atomic E-state index is 12.4. The van der Waals surface area contributed by atoms with Gasteiger partial charge >= 0.3 is 0 Å². The molecule has 1 amide bonds. The SMILES string of the molecule is CC1CCCCN1Cc1cnc(NC(=O)c2ccc(NS(C)(=O)=O)cc2)s1. The lowest BCUT2D eigenvalue weighted by Gasteiger charge is -2.32. The lowest BCUT2D eigenvalue weighted by Crippen LogP contribution is -2.36. The highest BCUT2D eigenvalue weighted by atomic mass is 32.2. The van der Waals surface area contributed by atoms with Gasteiger partial charge in [-0.1, -0.05) is 6.42 Å². The number of nitrogens with one attached hydrogen (secondary N) is 2. The molecule has 0 bridgehead atoms. The van der Waals surface area contributed by atoms with Crippen LogP contribution in [-0.2, 0) is 16.6 Å². The summed E-state index contributed by atoms with van der Waals surface area (Å²) in [7, 11) is -3.34. The number of likely N-dealkylation sites (tertiary alicyclic amines) is 1. The van der Waals surface area contributed by atoms with Crippen LogP contribution < -0.4 is 10.0 Å². The van der Waals surface area contributed by atoms with Crippen molar-refractivity contribution in [3.05, 3.63) is 40.9 Å². The molecule has 0 radical (unpaired) electrons. The quantitative estimate of drug-likeness (QED) is 0.766.